The Hall–Kier alpha value is -2.08. The molecule has 0 aromatic heterocycles. The van der Waals surface area contributed by atoms with E-state index in [9.17, 15) is 4.79 Å². The van der Waals surface area contributed by atoms with Crippen LogP contribution in [0, 0.1) is 0 Å². The average Bonchev–Trinajstić information content (AvgIpc) is 2.55. The van der Waals surface area contributed by atoms with E-state index in [1.165, 1.54) is 6.92 Å². The average molecular weight is 334 g/mol. The highest BCUT2D eigenvalue weighted by Crippen LogP contribution is 2.11. The second-order valence-electron chi connectivity index (χ2n) is 5.41. The van der Waals surface area contributed by atoms with E-state index in [0.29, 0.717) is 6.54 Å². The molecule has 6 nitrogen and oxygen atoms in total. The topological polar surface area (TPSA) is 74.8 Å². The summed E-state index contributed by atoms with van der Waals surface area (Å²) in [5.41, 5.74) is 1.85. The van der Waals surface area contributed by atoms with Crippen LogP contribution in [0.4, 0.5) is 5.69 Å². The lowest BCUT2D eigenvalue weighted by Gasteiger charge is -2.11. The Morgan fingerprint density at radius 2 is 2.04 bits per heavy atom. The summed E-state index contributed by atoms with van der Waals surface area (Å²) in [6.45, 7) is 9.38. The van der Waals surface area contributed by atoms with E-state index >= 15 is 0 Å². The highest BCUT2D eigenvalue weighted by atomic mass is 16.5. The van der Waals surface area contributed by atoms with E-state index < -0.39 is 0 Å². The van der Waals surface area contributed by atoms with Crippen LogP contribution in [0.25, 0.3) is 0 Å². The number of benzene rings is 1. The van der Waals surface area contributed by atoms with Crippen LogP contribution in [0.5, 0.6) is 0 Å². The third-order valence-corrected chi connectivity index (χ3v) is 3.22. The van der Waals surface area contributed by atoms with E-state index in [0.717, 1.165) is 56.4 Å². The maximum absolute atomic E-state index is 11.1. The molecule has 0 aliphatic carbocycles. The number of unbranched alkanes of at least 4 members (excludes halogenated alkanes) is 1. The molecule has 1 aromatic rings. The summed E-state index contributed by atoms with van der Waals surface area (Å²) in [4.78, 5) is 15.7. The van der Waals surface area contributed by atoms with E-state index in [-0.39, 0.29) is 5.91 Å². The first-order chi connectivity index (χ1) is 11.7. The number of carbonyl (C=O) groups is 1. The van der Waals surface area contributed by atoms with Crippen molar-refractivity contribution < 1.29 is 9.53 Å². The monoisotopic (exact) mass is 334 g/mol. The standard InChI is InChI=1S/C18H30N4O2/c1-4-19-18(20-11-6-7-12-24-5-2)21-14-16-9-8-10-17(13-16)22-15(3)23/h8-10,13H,4-7,11-12,14H2,1-3H3,(H,22,23)(H2,19,20,21). The van der Waals surface area contributed by atoms with Crippen molar-refractivity contribution in [2.45, 2.75) is 40.2 Å². The number of aliphatic imine (C=N–C) groups is 1. The van der Waals surface area contributed by atoms with E-state index in [1.54, 1.807) is 0 Å². The number of nitrogens with zero attached hydrogens (tertiary/aromatic N) is 1. The molecule has 3 N–H and O–H groups in total. The number of amides is 1. The number of hydrogen-bond acceptors (Lipinski definition) is 3. The van der Waals surface area contributed by atoms with Crippen molar-refractivity contribution in [2.24, 2.45) is 4.99 Å². The van der Waals surface area contributed by atoms with Crippen LogP contribution in [0.15, 0.2) is 29.3 Å². The molecule has 0 spiro atoms. The van der Waals surface area contributed by atoms with Gasteiger partial charge in [-0.25, -0.2) is 4.99 Å². The fraction of sp³-hybridized carbons (Fsp3) is 0.556. The van der Waals surface area contributed by atoms with Crippen LogP contribution in [-0.2, 0) is 16.1 Å². The molecule has 0 aliphatic heterocycles. The van der Waals surface area contributed by atoms with Gasteiger partial charge in [0.05, 0.1) is 6.54 Å². The second kappa shape index (κ2) is 12.4. The third kappa shape index (κ3) is 9.15. The normalized spacial score (nSPS) is 11.2. The Bertz CT molecular complexity index is 517. The molecule has 0 unspecified atom stereocenters. The predicted octanol–water partition coefficient (Wildman–Crippen LogP) is 2.52. The van der Waals surface area contributed by atoms with Crippen molar-refractivity contribution in [1.82, 2.24) is 10.6 Å². The minimum atomic E-state index is -0.0716. The molecule has 0 saturated carbocycles. The third-order valence-electron chi connectivity index (χ3n) is 3.22. The van der Waals surface area contributed by atoms with Gasteiger partial charge in [-0.15, -0.1) is 0 Å². The van der Waals surface area contributed by atoms with Crippen LogP contribution in [0.3, 0.4) is 0 Å². The molecule has 24 heavy (non-hydrogen) atoms. The number of carbonyl (C=O) groups excluding carboxylic acids is 1. The van der Waals surface area contributed by atoms with E-state index in [4.69, 9.17) is 4.74 Å². The summed E-state index contributed by atoms with van der Waals surface area (Å²) in [5, 5.41) is 9.35. The van der Waals surface area contributed by atoms with E-state index in [2.05, 4.69) is 20.9 Å². The Morgan fingerprint density at radius 1 is 1.21 bits per heavy atom. The van der Waals surface area contributed by atoms with Gasteiger partial charge in [0.15, 0.2) is 5.96 Å². The maximum atomic E-state index is 11.1. The SMILES string of the molecule is CCNC(=NCc1cccc(NC(C)=O)c1)NCCCCOCC. The van der Waals surface area contributed by atoms with Gasteiger partial charge in [-0.1, -0.05) is 12.1 Å². The number of rotatable bonds is 10. The Morgan fingerprint density at radius 3 is 2.75 bits per heavy atom. The lowest BCUT2D eigenvalue weighted by molar-refractivity contribution is -0.114. The first-order valence-corrected chi connectivity index (χ1v) is 8.62. The van der Waals surface area contributed by atoms with Crippen LogP contribution >= 0.6 is 0 Å². The smallest absolute Gasteiger partial charge is 0.221 e. The Kier molecular flexibility index (Phi) is 10.3. The number of guanidine groups is 1. The molecule has 0 saturated heterocycles. The molecular formula is C18H30N4O2. The van der Waals surface area contributed by atoms with Gasteiger partial charge < -0.3 is 20.7 Å². The van der Waals surface area contributed by atoms with Gasteiger partial charge in [0, 0.05) is 38.9 Å². The Balaban J connectivity index is 2.48. The minimum Gasteiger partial charge on any atom is -0.382 e. The molecule has 134 valence electrons. The Labute approximate surface area is 145 Å². The molecule has 6 heteroatoms. The summed E-state index contributed by atoms with van der Waals surface area (Å²) in [7, 11) is 0. The zero-order chi connectivity index (χ0) is 17.6. The van der Waals surface area contributed by atoms with Gasteiger partial charge in [0.2, 0.25) is 5.91 Å². The zero-order valence-corrected chi connectivity index (χ0v) is 15.0. The first-order valence-electron chi connectivity index (χ1n) is 8.62. The second-order valence-corrected chi connectivity index (χ2v) is 5.41. The number of nitrogens with one attached hydrogen (secondary N) is 3. The lowest BCUT2D eigenvalue weighted by Crippen LogP contribution is -2.37. The molecule has 1 amide bonds. The first kappa shape index (κ1) is 20.0. The zero-order valence-electron chi connectivity index (χ0n) is 15.0. The number of anilines is 1. The molecule has 0 bridgehead atoms. The quantitative estimate of drug-likeness (QED) is 0.349. The van der Waals surface area contributed by atoms with Gasteiger partial charge in [0.25, 0.3) is 0 Å². The van der Waals surface area contributed by atoms with Gasteiger partial charge in [0.1, 0.15) is 0 Å². The minimum absolute atomic E-state index is 0.0716. The summed E-state index contributed by atoms with van der Waals surface area (Å²) in [6, 6.07) is 7.73. The molecule has 0 fully saturated rings. The van der Waals surface area contributed by atoms with Crippen LogP contribution in [0.1, 0.15) is 39.2 Å². The van der Waals surface area contributed by atoms with Crippen molar-refractivity contribution in [2.75, 3.05) is 31.6 Å². The highest BCUT2D eigenvalue weighted by Gasteiger charge is 2.00. The molecule has 0 atom stereocenters. The summed E-state index contributed by atoms with van der Waals surface area (Å²) >= 11 is 0. The summed E-state index contributed by atoms with van der Waals surface area (Å²) in [6.07, 6.45) is 2.08. The maximum Gasteiger partial charge on any atom is 0.221 e. The number of ether oxygens (including phenoxy) is 1. The van der Waals surface area contributed by atoms with Crippen LogP contribution < -0.4 is 16.0 Å². The van der Waals surface area contributed by atoms with Crippen molar-refractivity contribution >= 4 is 17.6 Å². The molecule has 0 aliphatic rings. The molecule has 1 rings (SSSR count). The molecule has 0 heterocycles. The van der Waals surface area contributed by atoms with Crippen molar-refractivity contribution in [3.8, 4) is 0 Å². The summed E-state index contributed by atoms with van der Waals surface area (Å²) < 4.78 is 5.33. The van der Waals surface area contributed by atoms with Crippen molar-refractivity contribution in [3.63, 3.8) is 0 Å². The van der Waals surface area contributed by atoms with Gasteiger partial charge in [-0.3, -0.25) is 4.79 Å². The highest BCUT2D eigenvalue weighted by molar-refractivity contribution is 5.88. The molecule has 1 aromatic carbocycles. The lowest BCUT2D eigenvalue weighted by atomic mass is 10.2. The fourth-order valence-electron chi connectivity index (χ4n) is 2.14. The predicted molar refractivity (Wildman–Crippen MR) is 99.3 cm³/mol. The van der Waals surface area contributed by atoms with Crippen LogP contribution in [0.2, 0.25) is 0 Å². The van der Waals surface area contributed by atoms with Crippen LogP contribution in [-0.4, -0.2) is 38.2 Å². The molecule has 0 radical (unpaired) electrons. The van der Waals surface area contributed by atoms with Crippen molar-refractivity contribution in [3.05, 3.63) is 29.8 Å². The summed E-state index contributed by atoms with van der Waals surface area (Å²) in [5.74, 6) is 0.733. The van der Waals surface area contributed by atoms with E-state index in [1.807, 2.05) is 38.1 Å². The van der Waals surface area contributed by atoms with Gasteiger partial charge >= 0.3 is 0 Å². The number of hydrogen-bond donors (Lipinski definition) is 3. The largest absolute Gasteiger partial charge is 0.382 e. The van der Waals surface area contributed by atoms with Gasteiger partial charge in [-0.05, 0) is 44.4 Å². The fourth-order valence-corrected chi connectivity index (χ4v) is 2.14. The van der Waals surface area contributed by atoms with Gasteiger partial charge in [-0.2, -0.15) is 0 Å². The molecular weight excluding hydrogens is 304 g/mol. The van der Waals surface area contributed by atoms with Crippen molar-refractivity contribution in [1.29, 1.82) is 0 Å².